The molecule has 5 rings (SSSR count). The van der Waals surface area contributed by atoms with E-state index >= 15 is 0 Å². The van der Waals surface area contributed by atoms with Crippen LogP contribution in [0.25, 0.3) is 0 Å². The maximum Gasteiger partial charge on any atom is 0.325 e. The molecule has 0 bridgehead atoms. The minimum Gasteiger partial charge on any atom is -0.469 e. The number of likely N-dealkylation sites (tertiary alicyclic amines) is 1. The summed E-state index contributed by atoms with van der Waals surface area (Å²) >= 11 is 0. The summed E-state index contributed by atoms with van der Waals surface area (Å²) in [6, 6.07) is 7.42. The third kappa shape index (κ3) is 4.03. The van der Waals surface area contributed by atoms with Crippen LogP contribution in [-0.4, -0.2) is 52.8 Å². The molecule has 1 aromatic heterocycles. The number of amides is 4. The van der Waals surface area contributed by atoms with Gasteiger partial charge in [-0.25, -0.2) is 9.18 Å². The number of hydrogen-bond donors (Lipinski definition) is 1. The van der Waals surface area contributed by atoms with E-state index in [2.05, 4.69) is 5.32 Å². The van der Waals surface area contributed by atoms with Gasteiger partial charge in [-0.1, -0.05) is 12.1 Å². The Labute approximate surface area is 191 Å². The minimum atomic E-state index is -1.08. The number of carbonyl (C=O) groups excluding carboxylic acids is 3. The van der Waals surface area contributed by atoms with Crippen LogP contribution < -0.4 is 5.32 Å². The van der Waals surface area contributed by atoms with Crippen LogP contribution in [0.5, 0.6) is 0 Å². The van der Waals surface area contributed by atoms with Crippen LogP contribution in [0.4, 0.5) is 9.18 Å². The summed E-state index contributed by atoms with van der Waals surface area (Å²) in [6.45, 7) is 3.20. The molecule has 3 heterocycles. The molecule has 2 saturated heterocycles. The van der Waals surface area contributed by atoms with Crippen LogP contribution >= 0.6 is 0 Å². The Bertz CT molecular complexity index is 1070. The first-order chi connectivity index (χ1) is 15.9. The molecular formula is C25H28FN3O4. The summed E-state index contributed by atoms with van der Waals surface area (Å²) in [4.78, 5) is 42.6. The highest BCUT2D eigenvalue weighted by molar-refractivity contribution is 6.07. The number of nitrogens with zero attached hydrogens (tertiary/aromatic N) is 2. The zero-order valence-corrected chi connectivity index (χ0v) is 18.7. The lowest BCUT2D eigenvalue weighted by atomic mass is 9.73. The van der Waals surface area contributed by atoms with E-state index in [0.717, 1.165) is 18.4 Å². The third-order valence-corrected chi connectivity index (χ3v) is 7.30. The quantitative estimate of drug-likeness (QED) is 0.679. The van der Waals surface area contributed by atoms with Crippen molar-refractivity contribution in [3.8, 4) is 0 Å². The van der Waals surface area contributed by atoms with Gasteiger partial charge in [0.2, 0.25) is 0 Å². The lowest BCUT2D eigenvalue weighted by molar-refractivity contribution is -0.134. The van der Waals surface area contributed by atoms with Crippen molar-refractivity contribution in [3.05, 3.63) is 59.3 Å². The summed E-state index contributed by atoms with van der Waals surface area (Å²) < 4.78 is 18.7. The molecule has 8 heteroatoms. The fourth-order valence-electron chi connectivity index (χ4n) is 5.19. The zero-order chi connectivity index (χ0) is 23.2. The first-order valence-electron chi connectivity index (χ1n) is 11.6. The molecule has 2 aromatic rings. The molecule has 3 aliphatic rings. The second kappa shape index (κ2) is 8.32. The molecule has 1 saturated carbocycles. The third-order valence-electron chi connectivity index (χ3n) is 7.30. The molecule has 0 spiro atoms. The van der Waals surface area contributed by atoms with Crippen LogP contribution in [0, 0.1) is 24.6 Å². The fourth-order valence-corrected chi connectivity index (χ4v) is 5.19. The minimum absolute atomic E-state index is 0.0792. The van der Waals surface area contributed by atoms with Crippen molar-refractivity contribution in [2.75, 3.05) is 19.6 Å². The summed E-state index contributed by atoms with van der Waals surface area (Å²) in [5, 5.41) is 3.04. The van der Waals surface area contributed by atoms with Crippen molar-refractivity contribution in [2.45, 2.75) is 44.6 Å². The highest BCUT2D eigenvalue weighted by Crippen LogP contribution is 2.39. The van der Waals surface area contributed by atoms with Gasteiger partial charge in [-0.05, 0) is 68.2 Å². The first kappa shape index (κ1) is 21.7. The number of nitrogens with one attached hydrogen (secondary N) is 1. The highest BCUT2D eigenvalue weighted by Gasteiger charge is 2.56. The van der Waals surface area contributed by atoms with Crippen molar-refractivity contribution < 1.29 is 23.2 Å². The van der Waals surface area contributed by atoms with Gasteiger partial charge in [0.25, 0.3) is 11.8 Å². The molecular weight excluding hydrogens is 425 g/mol. The SMILES string of the molecule is Cc1occc1C(=O)N1CCC(C2(Cc3ccc(F)cc3)NC(=O)N(CC3CC3)C2=O)CC1. The van der Waals surface area contributed by atoms with Gasteiger partial charge in [-0.15, -0.1) is 0 Å². The topological polar surface area (TPSA) is 82.9 Å². The predicted octanol–water partition coefficient (Wildman–Crippen LogP) is 3.52. The van der Waals surface area contributed by atoms with E-state index in [1.54, 1.807) is 30.0 Å². The standard InChI is InChI=1S/C25H28FN3O4/c1-16-21(10-13-33-16)22(30)28-11-8-19(9-12-28)25(14-17-4-6-20(26)7-5-17)23(31)29(24(32)27-25)15-18-2-3-18/h4-7,10,13,18-19H,2-3,8-9,11-12,14-15H2,1H3,(H,27,32). The smallest absolute Gasteiger partial charge is 0.325 e. The molecule has 1 atom stereocenters. The molecule has 0 radical (unpaired) electrons. The number of benzene rings is 1. The monoisotopic (exact) mass is 453 g/mol. The van der Waals surface area contributed by atoms with Gasteiger partial charge in [0.15, 0.2) is 0 Å². The Hall–Kier alpha value is -3.16. The van der Waals surface area contributed by atoms with E-state index in [-0.39, 0.29) is 29.6 Å². The number of halogens is 1. The molecule has 2 aliphatic heterocycles. The first-order valence-corrected chi connectivity index (χ1v) is 11.6. The van der Waals surface area contributed by atoms with Crippen molar-refractivity contribution in [3.63, 3.8) is 0 Å². The van der Waals surface area contributed by atoms with Gasteiger partial charge in [-0.2, -0.15) is 0 Å². The Morgan fingerprint density at radius 1 is 1.12 bits per heavy atom. The van der Waals surface area contributed by atoms with Crippen LogP contribution in [0.1, 0.15) is 47.4 Å². The molecule has 1 N–H and O–H groups in total. The number of aryl methyl sites for hydroxylation is 1. The van der Waals surface area contributed by atoms with Gasteiger partial charge < -0.3 is 14.6 Å². The molecule has 1 aliphatic carbocycles. The highest BCUT2D eigenvalue weighted by atomic mass is 19.1. The lowest BCUT2D eigenvalue weighted by Crippen LogP contribution is -2.58. The molecule has 1 unspecified atom stereocenters. The second-order valence-corrected chi connectivity index (χ2v) is 9.52. The number of imide groups is 1. The van der Waals surface area contributed by atoms with E-state index in [1.807, 2.05) is 0 Å². The predicted molar refractivity (Wildman–Crippen MR) is 118 cm³/mol. The van der Waals surface area contributed by atoms with Crippen LogP contribution in [0.3, 0.4) is 0 Å². The van der Waals surface area contributed by atoms with Crippen molar-refractivity contribution in [1.29, 1.82) is 0 Å². The normalized spacial score (nSPS) is 23.8. The maximum atomic E-state index is 13.7. The number of piperidine rings is 1. The molecule has 174 valence electrons. The molecule has 1 aromatic carbocycles. The van der Waals surface area contributed by atoms with E-state index in [1.165, 1.54) is 23.3 Å². The van der Waals surface area contributed by atoms with E-state index in [0.29, 0.717) is 56.1 Å². The lowest BCUT2D eigenvalue weighted by Gasteiger charge is -2.41. The average molecular weight is 454 g/mol. The fraction of sp³-hybridized carbons (Fsp3) is 0.480. The summed E-state index contributed by atoms with van der Waals surface area (Å²) in [6.07, 6.45) is 5.07. The Morgan fingerprint density at radius 3 is 2.42 bits per heavy atom. The Morgan fingerprint density at radius 2 is 1.82 bits per heavy atom. The summed E-state index contributed by atoms with van der Waals surface area (Å²) in [5.41, 5.74) is 0.269. The van der Waals surface area contributed by atoms with Crippen LogP contribution in [0.15, 0.2) is 41.0 Å². The van der Waals surface area contributed by atoms with Gasteiger partial charge in [-0.3, -0.25) is 14.5 Å². The van der Waals surface area contributed by atoms with Gasteiger partial charge in [0.05, 0.1) is 11.8 Å². The maximum absolute atomic E-state index is 13.7. The van der Waals surface area contributed by atoms with Crippen LogP contribution in [-0.2, 0) is 11.2 Å². The van der Waals surface area contributed by atoms with Crippen molar-refractivity contribution in [2.24, 2.45) is 11.8 Å². The largest absolute Gasteiger partial charge is 0.469 e. The molecule has 4 amide bonds. The van der Waals surface area contributed by atoms with E-state index < -0.39 is 5.54 Å². The molecule has 33 heavy (non-hydrogen) atoms. The van der Waals surface area contributed by atoms with Crippen molar-refractivity contribution >= 4 is 17.8 Å². The van der Waals surface area contributed by atoms with Gasteiger partial charge in [0, 0.05) is 26.1 Å². The summed E-state index contributed by atoms with van der Waals surface area (Å²) in [5.74, 6) is 0.232. The second-order valence-electron chi connectivity index (χ2n) is 9.52. The van der Waals surface area contributed by atoms with Gasteiger partial charge in [0.1, 0.15) is 17.1 Å². The number of carbonyl (C=O) groups is 3. The average Bonchev–Trinajstić information content (AvgIpc) is 3.49. The van der Waals surface area contributed by atoms with Gasteiger partial charge >= 0.3 is 6.03 Å². The number of furan rings is 1. The summed E-state index contributed by atoms with van der Waals surface area (Å²) in [7, 11) is 0. The molecule has 3 fully saturated rings. The van der Waals surface area contributed by atoms with Crippen molar-refractivity contribution in [1.82, 2.24) is 15.1 Å². The molecule has 7 nitrogen and oxygen atoms in total. The Kier molecular flexibility index (Phi) is 5.46. The van der Waals surface area contributed by atoms with E-state index in [9.17, 15) is 18.8 Å². The van der Waals surface area contributed by atoms with E-state index in [4.69, 9.17) is 4.42 Å². The zero-order valence-electron chi connectivity index (χ0n) is 18.7. The Balaban J connectivity index is 1.37. The van der Waals surface area contributed by atoms with Crippen LogP contribution in [0.2, 0.25) is 0 Å². The number of rotatable bonds is 6. The number of hydrogen-bond acceptors (Lipinski definition) is 4. The number of urea groups is 1.